The van der Waals surface area contributed by atoms with Crippen LogP contribution in [0.3, 0.4) is 0 Å². The Morgan fingerprint density at radius 2 is 1.66 bits per heavy atom. The minimum atomic E-state index is -0.378. The maximum absolute atomic E-state index is 12.8. The Morgan fingerprint density at radius 3 is 2.45 bits per heavy atom. The number of amides is 1. The number of hydrogen-bond donors (Lipinski definition) is 3. The summed E-state index contributed by atoms with van der Waals surface area (Å²) >= 11 is 0. The molecule has 0 spiro atoms. The molecule has 0 saturated carbocycles. The summed E-state index contributed by atoms with van der Waals surface area (Å²) in [5, 5.41) is 14.1. The van der Waals surface area contributed by atoms with Gasteiger partial charge in [0.25, 0.3) is 11.5 Å². The number of nitrogens with one attached hydrogen (secondary N) is 2. The van der Waals surface area contributed by atoms with Crippen molar-refractivity contribution in [2.45, 2.75) is 19.4 Å². The maximum Gasteiger partial charge on any atom is 0.266 e. The number of carbonyl (C=O) groups is 1. The van der Waals surface area contributed by atoms with E-state index in [1.165, 1.54) is 0 Å². The highest BCUT2D eigenvalue weighted by Gasteiger charge is 2.10. The van der Waals surface area contributed by atoms with E-state index < -0.39 is 0 Å². The molecule has 186 valence electrons. The number of benzene rings is 2. The summed E-state index contributed by atoms with van der Waals surface area (Å²) in [7, 11) is 0. The predicted octanol–water partition coefficient (Wildman–Crippen LogP) is 3.88. The van der Waals surface area contributed by atoms with E-state index in [4.69, 9.17) is 5.73 Å². The van der Waals surface area contributed by atoms with Crippen molar-refractivity contribution in [1.82, 2.24) is 20.3 Å². The number of rotatable bonds is 7. The number of hydrogen-bond acceptors (Lipinski definition) is 6. The quantitative estimate of drug-likeness (QED) is 0.310. The second kappa shape index (κ2) is 10.8. The van der Waals surface area contributed by atoms with Crippen LogP contribution in [-0.4, -0.2) is 20.9 Å². The second-order valence-corrected chi connectivity index (χ2v) is 8.96. The van der Waals surface area contributed by atoms with Crippen molar-refractivity contribution in [2.24, 2.45) is 0 Å². The molecule has 1 amide bonds. The van der Waals surface area contributed by atoms with Crippen molar-refractivity contribution in [1.29, 1.82) is 5.26 Å². The molecule has 8 heteroatoms. The third-order valence-corrected chi connectivity index (χ3v) is 6.35. The van der Waals surface area contributed by atoms with Gasteiger partial charge in [0.2, 0.25) is 0 Å². The van der Waals surface area contributed by atoms with Crippen LogP contribution < -0.4 is 16.6 Å². The number of aromatic amines is 1. The van der Waals surface area contributed by atoms with Gasteiger partial charge in [-0.2, -0.15) is 5.26 Å². The third-order valence-electron chi connectivity index (χ3n) is 6.35. The van der Waals surface area contributed by atoms with Gasteiger partial charge in [0.15, 0.2) is 0 Å². The minimum absolute atomic E-state index is 0.137. The zero-order valence-corrected chi connectivity index (χ0v) is 20.4. The Labute approximate surface area is 218 Å². The molecule has 5 rings (SSSR count). The summed E-state index contributed by atoms with van der Waals surface area (Å²) in [6, 6.07) is 22.9. The highest BCUT2D eigenvalue weighted by Crippen LogP contribution is 2.20. The lowest BCUT2D eigenvalue weighted by Crippen LogP contribution is -2.23. The van der Waals surface area contributed by atoms with Crippen molar-refractivity contribution in [2.75, 3.05) is 5.73 Å². The number of fused-ring (bicyclic) bond motifs is 1. The van der Waals surface area contributed by atoms with Crippen LogP contribution in [0.25, 0.3) is 10.8 Å². The van der Waals surface area contributed by atoms with Gasteiger partial charge in [-0.15, -0.1) is 0 Å². The summed E-state index contributed by atoms with van der Waals surface area (Å²) in [4.78, 5) is 35.7. The van der Waals surface area contributed by atoms with Crippen LogP contribution in [0.15, 0.2) is 90.1 Å². The SMILES string of the molecule is N#Cc1c(Cc2ccc(Cc3cc(C(=O)NCc4ccc5c(N)nccc5c4)ccn3)cc2)cc[nH]c1=O. The van der Waals surface area contributed by atoms with Gasteiger partial charge in [0, 0.05) is 48.2 Å². The first kappa shape index (κ1) is 24.4. The zero-order chi connectivity index (χ0) is 26.5. The molecule has 5 aromatic rings. The van der Waals surface area contributed by atoms with E-state index in [0.29, 0.717) is 36.3 Å². The first-order valence-electron chi connectivity index (χ1n) is 12.0. The topological polar surface area (TPSA) is 138 Å². The first-order valence-corrected chi connectivity index (χ1v) is 12.0. The number of nitrogen functional groups attached to an aromatic ring is 1. The molecule has 4 N–H and O–H groups in total. The van der Waals surface area contributed by atoms with Crippen LogP contribution in [0.1, 0.15) is 43.9 Å². The number of carbonyl (C=O) groups excluding carboxylic acids is 1. The van der Waals surface area contributed by atoms with Gasteiger partial charge in [0.1, 0.15) is 17.5 Å². The van der Waals surface area contributed by atoms with Crippen molar-refractivity contribution < 1.29 is 4.79 Å². The molecule has 0 saturated heterocycles. The van der Waals surface area contributed by atoms with Crippen LogP contribution >= 0.6 is 0 Å². The molecule has 0 aliphatic carbocycles. The molecular formula is C30H24N6O2. The van der Waals surface area contributed by atoms with Crippen LogP contribution in [-0.2, 0) is 19.4 Å². The molecule has 0 atom stereocenters. The van der Waals surface area contributed by atoms with Crippen LogP contribution in [0.2, 0.25) is 0 Å². The molecule has 0 radical (unpaired) electrons. The molecule has 2 aromatic carbocycles. The third kappa shape index (κ3) is 5.42. The van der Waals surface area contributed by atoms with E-state index >= 15 is 0 Å². The van der Waals surface area contributed by atoms with E-state index in [2.05, 4.69) is 20.3 Å². The van der Waals surface area contributed by atoms with E-state index in [1.807, 2.05) is 54.6 Å². The monoisotopic (exact) mass is 500 g/mol. The number of pyridine rings is 3. The number of H-pyrrole nitrogens is 1. The standard InChI is InChI=1S/C30H24N6O2/c31-17-27-23(8-12-35-30(27)38)13-19-1-3-20(4-2-19)15-25-16-24(9-10-33-25)29(37)36-18-21-5-6-26-22(14-21)7-11-34-28(26)32/h1-12,14,16H,13,15,18H2,(H2,32,34)(H,35,38)(H,36,37). The smallest absolute Gasteiger partial charge is 0.266 e. The molecule has 0 fully saturated rings. The van der Waals surface area contributed by atoms with Crippen molar-refractivity contribution in [3.05, 3.63) is 135 Å². The van der Waals surface area contributed by atoms with Gasteiger partial charge in [-0.25, -0.2) is 4.98 Å². The van der Waals surface area contributed by atoms with Crippen LogP contribution in [0.4, 0.5) is 5.82 Å². The Morgan fingerprint density at radius 1 is 0.921 bits per heavy atom. The van der Waals surface area contributed by atoms with Gasteiger partial charge in [0.05, 0.1) is 0 Å². The molecule has 0 unspecified atom stereocenters. The molecule has 0 aliphatic heterocycles. The molecule has 3 aromatic heterocycles. The fourth-order valence-corrected chi connectivity index (χ4v) is 4.35. The van der Waals surface area contributed by atoms with Gasteiger partial charge in [-0.1, -0.05) is 36.4 Å². The fraction of sp³-hybridized carbons (Fsp3) is 0.100. The van der Waals surface area contributed by atoms with Crippen LogP contribution in [0.5, 0.6) is 0 Å². The van der Waals surface area contributed by atoms with Crippen molar-refractivity contribution >= 4 is 22.5 Å². The lowest BCUT2D eigenvalue weighted by molar-refractivity contribution is 0.0950. The lowest BCUT2D eigenvalue weighted by atomic mass is 9.99. The van der Waals surface area contributed by atoms with Crippen molar-refractivity contribution in [3.8, 4) is 6.07 Å². The van der Waals surface area contributed by atoms with E-state index in [-0.39, 0.29) is 17.0 Å². The maximum atomic E-state index is 12.8. The van der Waals surface area contributed by atoms with Gasteiger partial charge in [-0.3, -0.25) is 14.6 Å². The number of nitrogens with zero attached hydrogens (tertiary/aromatic N) is 3. The Bertz CT molecular complexity index is 1740. The molecule has 0 aliphatic rings. The highest BCUT2D eigenvalue weighted by molar-refractivity contribution is 5.94. The van der Waals surface area contributed by atoms with E-state index in [9.17, 15) is 14.9 Å². The molecule has 38 heavy (non-hydrogen) atoms. The number of nitriles is 1. The summed E-state index contributed by atoms with van der Waals surface area (Å²) in [5.41, 5.74) is 10.7. The van der Waals surface area contributed by atoms with Gasteiger partial charge in [-0.05, 0) is 64.4 Å². The normalized spacial score (nSPS) is 10.7. The summed E-state index contributed by atoms with van der Waals surface area (Å²) in [6.45, 7) is 0.386. The van der Waals surface area contributed by atoms with E-state index in [1.54, 1.807) is 36.8 Å². The predicted molar refractivity (Wildman–Crippen MR) is 145 cm³/mol. The number of anilines is 1. The molecule has 8 nitrogen and oxygen atoms in total. The molecule has 3 heterocycles. The Kier molecular flexibility index (Phi) is 6.91. The Balaban J connectivity index is 1.22. The van der Waals surface area contributed by atoms with Gasteiger partial charge < -0.3 is 16.0 Å². The number of aromatic nitrogens is 3. The Hall–Kier alpha value is -5.29. The number of nitrogens with two attached hydrogens (primary N) is 1. The average Bonchev–Trinajstić information content (AvgIpc) is 2.93. The fourth-order valence-electron chi connectivity index (χ4n) is 4.35. The zero-order valence-electron chi connectivity index (χ0n) is 20.4. The second-order valence-electron chi connectivity index (χ2n) is 8.96. The summed E-state index contributed by atoms with van der Waals surface area (Å²) in [6.07, 6.45) is 5.92. The van der Waals surface area contributed by atoms with Crippen LogP contribution in [0, 0.1) is 11.3 Å². The lowest BCUT2D eigenvalue weighted by Gasteiger charge is -2.09. The molecular weight excluding hydrogens is 476 g/mol. The largest absolute Gasteiger partial charge is 0.383 e. The highest BCUT2D eigenvalue weighted by atomic mass is 16.1. The average molecular weight is 501 g/mol. The van der Waals surface area contributed by atoms with Gasteiger partial charge >= 0.3 is 0 Å². The van der Waals surface area contributed by atoms with E-state index in [0.717, 1.165) is 33.2 Å². The minimum Gasteiger partial charge on any atom is -0.383 e. The summed E-state index contributed by atoms with van der Waals surface area (Å²) < 4.78 is 0. The summed E-state index contributed by atoms with van der Waals surface area (Å²) in [5.74, 6) is 0.308. The van der Waals surface area contributed by atoms with Crippen molar-refractivity contribution in [3.63, 3.8) is 0 Å². The molecule has 0 bridgehead atoms. The first-order chi connectivity index (χ1) is 18.5.